The molecular weight excluding hydrogens is 405 g/mol. The van der Waals surface area contributed by atoms with Crippen LogP contribution >= 0.6 is 0 Å². The molecule has 3 rings (SSSR count). The molecule has 2 aromatic rings. The van der Waals surface area contributed by atoms with Gasteiger partial charge in [0.25, 0.3) is 0 Å². The second kappa shape index (κ2) is 8.07. The Labute approximate surface area is 170 Å². The number of nitrogens with zero attached hydrogens (tertiary/aromatic N) is 5. The van der Waals surface area contributed by atoms with Crippen LogP contribution in [-0.4, -0.2) is 36.9 Å². The van der Waals surface area contributed by atoms with Gasteiger partial charge in [0, 0.05) is 24.7 Å². The Balaban J connectivity index is 1.57. The average molecular weight is 428 g/mol. The van der Waals surface area contributed by atoms with E-state index in [0.717, 1.165) is 18.9 Å². The lowest BCUT2D eigenvalue weighted by molar-refractivity contribution is -0.386. The number of rotatable bonds is 8. The zero-order valence-electron chi connectivity index (χ0n) is 16.9. The van der Waals surface area contributed by atoms with Gasteiger partial charge in [0.2, 0.25) is 5.91 Å². The third kappa shape index (κ3) is 4.46. The van der Waals surface area contributed by atoms with Crippen molar-refractivity contribution in [2.24, 2.45) is 0 Å². The lowest BCUT2D eigenvalue weighted by atomic mass is 10.2. The van der Waals surface area contributed by atoms with Gasteiger partial charge >= 0.3 is 11.9 Å². The maximum Gasteiger partial charge on any atom is 0.435 e. The Morgan fingerprint density at radius 1 is 1.37 bits per heavy atom. The van der Waals surface area contributed by atoms with Crippen LogP contribution in [0.4, 0.5) is 18.9 Å². The fourth-order valence-electron chi connectivity index (χ4n) is 3.45. The van der Waals surface area contributed by atoms with Crippen molar-refractivity contribution >= 4 is 11.6 Å². The van der Waals surface area contributed by atoms with Gasteiger partial charge in [-0.2, -0.15) is 23.4 Å². The van der Waals surface area contributed by atoms with Gasteiger partial charge in [-0.05, 0) is 46.1 Å². The van der Waals surface area contributed by atoms with Crippen molar-refractivity contribution in [1.29, 1.82) is 0 Å². The van der Waals surface area contributed by atoms with Gasteiger partial charge in [-0.15, -0.1) is 0 Å². The van der Waals surface area contributed by atoms with E-state index in [2.05, 4.69) is 15.5 Å². The number of halogens is 3. The normalized spacial score (nSPS) is 15.3. The minimum atomic E-state index is -4.49. The maximum atomic E-state index is 12.9. The Bertz CT molecular complexity index is 961. The van der Waals surface area contributed by atoms with Crippen LogP contribution in [-0.2, 0) is 17.5 Å². The van der Waals surface area contributed by atoms with Crippen LogP contribution in [0.5, 0.6) is 0 Å². The number of alkyl halides is 3. The van der Waals surface area contributed by atoms with Crippen LogP contribution in [0.2, 0.25) is 0 Å². The molecule has 30 heavy (non-hydrogen) atoms. The predicted octanol–water partition coefficient (Wildman–Crippen LogP) is 3.27. The van der Waals surface area contributed by atoms with E-state index in [1.807, 2.05) is 0 Å². The molecule has 9 nitrogen and oxygen atoms in total. The van der Waals surface area contributed by atoms with Crippen LogP contribution in [0.25, 0.3) is 0 Å². The quantitative estimate of drug-likeness (QED) is 0.394. The van der Waals surface area contributed by atoms with Gasteiger partial charge in [0.05, 0.1) is 4.92 Å². The zero-order valence-corrected chi connectivity index (χ0v) is 16.9. The Morgan fingerprint density at radius 3 is 2.57 bits per heavy atom. The summed E-state index contributed by atoms with van der Waals surface area (Å²) in [6.45, 7) is 5.09. The number of carbonyl (C=O) groups excluding carboxylic acids is 1. The van der Waals surface area contributed by atoms with Crippen molar-refractivity contribution in [2.75, 3.05) is 6.54 Å². The molecule has 1 amide bonds. The number of nitro groups is 1. The number of carbonyl (C=O) groups is 1. The first-order valence-corrected chi connectivity index (χ1v) is 9.63. The van der Waals surface area contributed by atoms with Crippen LogP contribution in [0.1, 0.15) is 60.9 Å². The molecule has 164 valence electrons. The summed E-state index contributed by atoms with van der Waals surface area (Å²) in [7, 11) is 0. The van der Waals surface area contributed by atoms with Crippen molar-refractivity contribution in [3.63, 3.8) is 0 Å². The maximum absolute atomic E-state index is 12.9. The van der Waals surface area contributed by atoms with E-state index in [1.54, 1.807) is 6.92 Å². The molecule has 1 atom stereocenters. The molecule has 1 aliphatic carbocycles. The minimum absolute atomic E-state index is 0.116. The number of hydrogen-bond donors (Lipinski definition) is 1. The molecule has 0 saturated heterocycles. The highest BCUT2D eigenvalue weighted by atomic mass is 19.4. The molecule has 2 heterocycles. The van der Waals surface area contributed by atoms with E-state index in [1.165, 1.54) is 23.2 Å². The Hall–Kier alpha value is -2.92. The molecule has 12 heteroatoms. The van der Waals surface area contributed by atoms with Crippen molar-refractivity contribution in [3.05, 3.63) is 39.0 Å². The fourth-order valence-corrected chi connectivity index (χ4v) is 3.45. The fraction of sp³-hybridized carbons (Fsp3) is 0.611. The van der Waals surface area contributed by atoms with E-state index >= 15 is 0 Å². The van der Waals surface area contributed by atoms with Gasteiger partial charge in [0.1, 0.15) is 17.4 Å². The van der Waals surface area contributed by atoms with Gasteiger partial charge in [-0.1, -0.05) is 0 Å². The Morgan fingerprint density at radius 2 is 2.03 bits per heavy atom. The van der Waals surface area contributed by atoms with Gasteiger partial charge < -0.3 is 5.32 Å². The first-order chi connectivity index (χ1) is 14.0. The largest absolute Gasteiger partial charge is 0.435 e. The smallest absolute Gasteiger partial charge is 0.354 e. The zero-order chi connectivity index (χ0) is 22.2. The third-order valence-electron chi connectivity index (χ3n) is 5.16. The molecule has 0 aliphatic heterocycles. The number of aromatic nitrogens is 4. The minimum Gasteiger partial charge on any atom is -0.354 e. The molecule has 1 fully saturated rings. The number of hydrogen-bond acceptors (Lipinski definition) is 5. The summed E-state index contributed by atoms with van der Waals surface area (Å²) in [5.41, 5.74) is 0.0703. The summed E-state index contributed by atoms with van der Waals surface area (Å²) in [4.78, 5) is 23.0. The van der Waals surface area contributed by atoms with Crippen LogP contribution < -0.4 is 5.32 Å². The molecule has 2 aromatic heterocycles. The lowest BCUT2D eigenvalue weighted by Gasteiger charge is -2.14. The molecule has 0 radical (unpaired) electrons. The topological polar surface area (TPSA) is 108 Å². The molecule has 0 bridgehead atoms. The summed E-state index contributed by atoms with van der Waals surface area (Å²) in [5.74, 6) is -0.264. The number of nitrogens with one attached hydrogen (secondary N) is 1. The molecular formula is C18H23F3N6O3. The molecule has 0 aromatic carbocycles. The Kier molecular flexibility index (Phi) is 5.86. The summed E-state index contributed by atoms with van der Waals surface area (Å²) < 4.78 is 41.5. The summed E-state index contributed by atoms with van der Waals surface area (Å²) in [6, 6.07) is 0.342. The van der Waals surface area contributed by atoms with E-state index in [4.69, 9.17) is 0 Å². The first-order valence-electron chi connectivity index (χ1n) is 9.63. The lowest BCUT2D eigenvalue weighted by Crippen LogP contribution is -2.33. The van der Waals surface area contributed by atoms with Gasteiger partial charge in [-0.3, -0.25) is 24.3 Å². The monoisotopic (exact) mass is 428 g/mol. The molecule has 1 N–H and O–H groups in total. The van der Waals surface area contributed by atoms with Gasteiger partial charge in [-0.25, -0.2) is 0 Å². The van der Waals surface area contributed by atoms with Crippen molar-refractivity contribution in [2.45, 2.75) is 64.7 Å². The molecule has 1 unspecified atom stereocenters. The van der Waals surface area contributed by atoms with Gasteiger partial charge in [0.15, 0.2) is 5.69 Å². The summed E-state index contributed by atoms with van der Waals surface area (Å²) >= 11 is 0. The highest BCUT2D eigenvalue weighted by Gasteiger charge is 2.37. The average Bonchev–Trinajstić information content (AvgIpc) is 3.32. The van der Waals surface area contributed by atoms with E-state index in [0.29, 0.717) is 12.1 Å². The summed E-state index contributed by atoms with van der Waals surface area (Å²) in [6.07, 6.45) is -2.38. The molecule has 1 aliphatic rings. The van der Waals surface area contributed by atoms with E-state index in [-0.39, 0.29) is 42.0 Å². The predicted molar refractivity (Wildman–Crippen MR) is 99.9 cm³/mol. The van der Waals surface area contributed by atoms with E-state index < -0.39 is 22.8 Å². The SMILES string of the molecule is Cc1nn(C(C)C(=O)NCCCn2nc(C(F)(F)F)cc2C2CC2)c(C)c1[N+](=O)[O-]. The van der Waals surface area contributed by atoms with Crippen molar-refractivity contribution in [3.8, 4) is 0 Å². The third-order valence-corrected chi connectivity index (χ3v) is 5.16. The number of aryl methyl sites for hydroxylation is 2. The van der Waals surface area contributed by atoms with Crippen LogP contribution in [0.3, 0.4) is 0 Å². The highest BCUT2D eigenvalue weighted by Crippen LogP contribution is 2.42. The van der Waals surface area contributed by atoms with Crippen LogP contribution in [0.15, 0.2) is 6.07 Å². The standard InChI is InChI=1S/C18H23F3N6O3/c1-10-16(27(29)30)11(2)26(23-10)12(3)17(28)22-7-4-8-25-14(13-5-6-13)9-15(24-25)18(19,20)21/h9,12-13H,4-8H2,1-3H3,(H,22,28). The first kappa shape index (κ1) is 21.8. The molecule has 1 saturated carbocycles. The van der Waals surface area contributed by atoms with Crippen molar-refractivity contribution in [1.82, 2.24) is 24.9 Å². The summed E-state index contributed by atoms with van der Waals surface area (Å²) in [5, 5.41) is 21.6. The molecule has 0 spiro atoms. The van der Waals surface area contributed by atoms with Crippen LogP contribution in [0, 0.1) is 24.0 Å². The second-order valence-electron chi connectivity index (χ2n) is 7.49. The highest BCUT2D eigenvalue weighted by molar-refractivity contribution is 5.80. The van der Waals surface area contributed by atoms with E-state index in [9.17, 15) is 28.1 Å². The second-order valence-corrected chi connectivity index (χ2v) is 7.49. The van der Waals surface area contributed by atoms with Crippen molar-refractivity contribution < 1.29 is 22.9 Å². The number of amides is 1.